The zero-order valence-corrected chi connectivity index (χ0v) is 13.6. The molecule has 0 spiro atoms. The van der Waals surface area contributed by atoms with E-state index in [1.807, 2.05) is 6.92 Å². The number of halogens is 4. The van der Waals surface area contributed by atoms with Crippen molar-refractivity contribution < 1.29 is 19.0 Å². The van der Waals surface area contributed by atoms with Gasteiger partial charge in [0, 0.05) is 39.3 Å². The van der Waals surface area contributed by atoms with Crippen LogP contribution in [0.1, 0.15) is 32.3 Å². The number of rotatable bonds is 3. The third kappa shape index (κ3) is 4.18. The summed E-state index contributed by atoms with van der Waals surface area (Å²) in [5.41, 5.74) is 4.00. The fraction of sp³-hybridized carbons (Fsp3) is 0.500. The molecule has 1 fully saturated rings. The van der Waals surface area contributed by atoms with Crippen molar-refractivity contribution in [1.29, 1.82) is 0 Å². The van der Waals surface area contributed by atoms with Gasteiger partial charge in [-0.3, -0.25) is 0 Å². The molecular weight excluding hydrogens is 324 g/mol. The molecule has 0 amide bonds. The molecule has 3 atom stereocenters. The fourth-order valence-corrected chi connectivity index (χ4v) is 3.09. The number of hydrogen-bond donors (Lipinski definition) is 3. The Bertz CT molecular complexity index is 603. The van der Waals surface area contributed by atoms with Gasteiger partial charge in [-0.05, 0) is 24.6 Å². The van der Waals surface area contributed by atoms with E-state index in [1.54, 1.807) is 7.05 Å². The van der Waals surface area contributed by atoms with Crippen LogP contribution in [-0.4, -0.2) is 24.1 Å². The maximum Gasteiger partial charge on any atom is 0.416 e. The van der Waals surface area contributed by atoms with Crippen LogP contribution in [0.25, 0.3) is 0 Å². The monoisotopic (exact) mass is 348 g/mol. The number of benzene rings is 1. The van der Waals surface area contributed by atoms with Crippen molar-refractivity contribution in [3.8, 4) is 0 Å². The summed E-state index contributed by atoms with van der Waals surface area (Å²) in [6.45, 7) is 1.81. The average molecular weight is 348 g/mol. The van der Waals surface area contributed by atoms with Crippen LogP contribution in [0.2, 0.25) is 0 Å². The maximum absolute atomic E-state index is 15.5. The number of nitrogens with one attached hydrogen (secondary N) is 1. The summed E-state index contributed by atoms with van der Waals surface area (Å²) >= 11 is 0. The minimum atomic E-state index is -4.44. The highest BCUT2D eigenvalue weighted by Crippen LogP contribution is 2.41. The Kier molecular flexibility index (Phi) is 5.10. The lowest BCUT2D eigenvalue weighted by atomic mass is 9.79. The van der Waals surface area contributed by atoms with Crippen LogP contribution in [0.3, 0.4) is 0 Å². The molecule has 1 heterocycles. The minimum absolute atomic E-state index is 0. The van der Waals surface area contributed by atoms with Crippen molar-refractivity contribution in [1.82, 2.24) is 10.3 Å². The van der Waals surface area contributed by atoms with Gasteiger partial charge in [-0.15, -0.1) is 0 Å². The Morgan fingerprint density at radius 1 is 1.33 bits per heavy atom. The van der Waals surface area contributed by atoms with Crippen molar-refractivity contribution in [2.75, 3.05) is 7.05 Å². The van der Waals surface area contributed by atoms with Crippen LogP contribution >= 0.6 is 0 Å². The van der Waals surface area contributed by atoms with Gasteiger partial charge in [0.05, 0.1) is 11.6 Å². The Morgan fingerprint density at radius 2 is 1.92 bits per heavy atom. The number of nitrogens with zero attached hydrogens (tertiary/aromatic N) is 1. The van der Waals surface area contributed by atoms with E-state index in [-0.39, 0.29) is 25.9 Å². The predicted octanol–water partition coefficient (Wildman–Crippen LogP) is 2.86. The molecule has 0 bridgehead atoms. The summed E-state index contributed by atoms with van der Waals surface area (Å²) in [5, 5.41) is 4.46. The van der Waals surface area contributed by atoms with Gasteiger partial charge >= 0.3 is 6.18 Å². The van der Waals surface area contributed by atoms with Gasteiger partial charge in [0.2, 0.25) is 0 Å². The quantitative estimate of drug-likeness (QED) is 0.446. The van der Waals surface area contributed by atoms with E-state index in [0.29, 0.717) is 5.70 Å². The minimum Gasteiger partial charge on any atom is -0.400 e. The molecule has 1 saturated heterocycles. The molecule has 0 radical (unpaired) electrons. The van der Waals surface area contributed by atoms with Crippen molar-refractivity contribution in [3.63, 3.8) is 0 Å². The van der Waals surface area contributed by atoms with E-state index in [1.165, 1.54) is 23.3 Å². The van der Waals surface area contributed by atoms with Gasteiger partial charge in [-0.2, -0.15) is 13.2 Å². The van der Waals surface area contributed by atoms with E-state index in [0.717, 1.165) is 12.1 Å². The Labute approximate surface area is 139 Å². The number of piperidine rings is 1. The molecule has 0 aliphatic carbocycles. The normalized spacial score (nSPS) is 28.7. The summed E-state index contributed by atoms with van der Waals surface area (Å²) in [6.07, 6.45) is -2.77. The van der Waals surface area contributed by atoms with Gasteiger partial charge in [0.25, 0.3) is 0 Å². The molecule has 1 aliphatic rings. The molecule has 1 aromatic rings. The van der Waals surface area contributed by atoms with Gasteiger partial charge < -0.3 is 16.1 Å². The highest BCUT2D eigenvalue weighted by atomic mass is 19.4. The summed E-state index contributed by atoms with van der Waals surface area (Å²) in [4.78, 5) is 0. The molecular formula is C16H24F4N4. The molecule has 4 nitrogen and oxygen atoms in total. The van der Waals surface area contributed by atoms with E-state index in [9.17, 15) is 13.2 Å². The number of hydrazine groups is 1. The van der Waals surface area contributed by atoms with Crippen molar-refractivity contribution in [2.45, 2.75) is 43.7 Å². The molecule has 0 aromatic heterocycles. The zero-order valence-electron chi connectivity index (χ0n) is 13.6. The second-order valence-electron chi connectivity index (χ2n) is 6.36. The molecule has 1 aliphatic heterocycles. The SMILES string of the molecule is C[C@H]1C[C@@](F)(c2ccc(C(F)(F)F)cc2)C[C@@H](/C(N)=C/N(C)N)N1.[HH]. The maximum atomic E-state index is 15.5. The van der Waals surface area contributed by atoms with Crippen LogP contribution in [0, 0.1) is 0 Å². The van der Waals surface area contributed by atoms with Gasteiger partial charge in [0.1, 0.15) is 5.67 Å². The summed E-state index contributed by atoms with van der Waals surface area (Å²) < 4.78 is 53.5. The van der Waals surface area contributed by atoms with Crippen LogP contribution in [-0.2, 0) is 11.8 Å². The zero-order chi connectivity index (χ0) is 18.1. The lowest BCUT2D eigenvalue weighted by Gasteiger charge is -2.40. The van der Waals surface area contributed by atoms with E-state index in [4.69, 9.17) is 11.6 Å². The summed E-state index contributed by atoms with van der Waals surface area (Å²) in [5.74, 6) is 5.52. The number of hydrogen-bond acceptors (Lipinski definition) is 4. The molecule has 8 heteroatoms. The first kappa shape index (κ1) is 18.5. The first-order valence-electron chi connectivity index (χ1n) is 7.59. The van der Waals surface area contributed by atoms with Crippen molar-refractivity contribution in [3.05, 3.63) is 47.3 Å². The number of alkyl halides is 4. The highest BCUT2D eigenvalue weighted by molar-refractivity contribution is 5.30. The van der Waals surface area contributed by atoms with Gasteiger partial charge in [-0.25, -0.2) is 10.2 Å². The Balaban J connectivity index is 0.00000312. The molecule has 0 saturated carbocycles. The number of nitrogens with two attached hydrogens (primary N) is 2. The molecule has 136 valence electrons. The molecule has 0 unspecified atom stereocenters. The molecule has 1 aromatic carbocycles. The van der Waals surface area contributed by atoms with Crippen molar-refractivity contribution >= 4 is 0 Å². The standard InChI is InChI=1S/C16H22F4N4.H2/c1-10-7-15(17,8-14(23-10)13(21)9-24(2)22)11-3-5-12(6-4-11)16(18,19)20;/h3-6,9-10,14,23H,7-8,21-22H2,1-2H3;1H/b13-9-;/t10-,14-,15-;/m0./s1. The fourth-order valence-electron chi connectivity index (χ4n) is 3.09. The third-order valence-electron chi connectivity index (χ3n) is 4.13. The summed E-state index contributed by atoms with van der Waals surface area (Å²) in [7, 11) is 1.59. The van der Waals surface area contributed by atoms with Crippen molar-refractivity contribution in [2.24, 2.45) is 11.6 Å². The molecule has 5 N–H and O–H groups in total. The lowest BCUT2D eigenvalue weighted by molar-refractivity contribution is -0.137. The third-order valence-corrected chi connectivity index (χ3v) is 4.13. The Hall–Kier alpha value is -1.80. The van der Waals surface area contributed by atoms with Gasteiger partial charge in [0.15, 0.2) is 0 Å². The second-order valence-corrected chi connectivity index (χ2v) is 6.36. The van der Waals surface area contributed by atoms with Crippen LogP contribution < -0.4 is 16.9 Å². The highest BCUT2D eigenvalue weighted by Gasteiger charge is 2.42. The largest absolute Gasteiger partial charge is 0.416 e. The topological polar surface area (TPSA) is 67.3 Å². The smallest absolute Gasteiger partial charge is 0.400 e. The molecule has 24 heavy (non-hydrogen) atoms. The first-order chi connectivity index (χ1) is 11.0. The predicted molar refractivity (Wildman–Crippen MR) is 86.2 cm³/mol. The van der Waals surface area contributed by atoms with Crippen LogP contribution in [0.15, 0.2) is 36.2 Å². The van der Waals surface area contributed by atoms with Gasteiger partial charge in [-0.1, -0.05) is 12.1 Å². The average Bonchev–Trinajstić information content (AvgIpc) is 2.45. The summed E-state index contributed by atoms with van der Waals surface area (Å²) in [6, 6.07) is 3.58. The second kappa shape index (κ2) is 6.60. The Morgan fingerprint density at radius 3 is 2.42 bits per heavy atom. The van der Waals surface area contributed by atoms with Crippen LogP contribution in [0.5, 0.6) is 0 Å². The van der Waals surface area contributed by atoms with E-state index in [2.05, 4.69) is 5.32 Å². The molecule has 2 rings (SSSR count). The van der Waals surface area contributed by atoms with E-state index < -0.39 is 23.5 Å². The van der Waals surface area contributed by atoms with E-state index >= 15 is 4.39 Å². The first-order valence-corrected chi connectivity index (χ1v) is 7.59. The van der Waals surface area contributed by atoms with Crippen LogP contribution in [0.4, 0.5) is 17.6 Å². The lowest BCUT2D eigenvalue weighted by Crippen LogP contribution is -2.51.